The summed E-state index contributed by atoms with van der Waals surface area (Å²) in [4.78, 5) is 16.3. The van der Waals surface area contributed by atoms with Crippen molar-refractivity contribution in [2.24, 2.45) is 0 Å². The van der Waals surface area contributed by atoms with Gasteiger partial charge < -0.3 is 10.2 Å². The normalized spacial score (nSPS) is 23.1. The number of rotatable bonds is 8. The highest BCUT2D eigenvalue weighted by Crippen LogP contribution is 2.22. The lowest BCUT2D eigenvalue weighted by atomic mass is 9.90. The monoisotopic (exact) mass is 283 g/mol. The summed E-state index contributed by atoms with van der Waals surface area (Å²) in [6, 6.07) is 1.27. The number of hydrogen-bond donors (Lipinski definition) is 1. The van der Waals surface area contributed by atoms with Crippen molar-refractivity contribution in [3.63, 3.8) is 0 Å². The average molecular weight is 283 g/mol. The Bertz CT molecular complexity index is 271. The Labute approximate surface area is 124 Å². The maximum Gasteiger partial charge on any atom is 0.236 e. The molecular weight excluding hydrogens is 250 g/mol. The summed E-state index contributed by atoms with van der Waals surface area (Å²) in [5, 5.41) is 3.61. The molecule has 1 rings (SSSR count). The molecule has 20 heavy (non-hydrogen) atoms. The Morgan fingerprint density at radius 2 is 1.70 bits per heavy atom. The first kappa shape index (κ1) is 17.4. The summed E-state index contributed by atoms with van der Waals surface area (Å²) < 4.78 is 0. The lowest BCUT2D eigenvalue weighted by molar-refractivity contribution is -0.132. The summed E-state index contributed by atoms with van der Waals surface area (Å²) in [6.45, 7) is 9.64. The molecule has 0 aromatic rings. The fourth-order valence-electron chi connectivity index (χ4n) is 3.09. The SMILES string of the molecule is CCCNC1CCC(N(C)CC(=O)N(CC)CC)CC1. The molecule has 1 fully saturated rings. The first-order valence-corrected chi connectivity index (χ1v) is 8.33. The lowest BCUT2D eigenvalue weighted by Crippen LogP contribution is -2.45. The summed E-state index contributed by atoms with van der Waals surface area (Å²) in [7, 11) is 2.10. The molecule has 1 N–H and O–H groups in total. The second-order valence-corrected chi connectivity index (χ2v) is 5.94. The Balaban J connectivity index is 2.31. The van der Waals surface area contributed by atoms with E-state index in [0.29, 0.717) is 18.6 Å². The van der Waals surface area contributed by atoms with E-state index in [1.807, 2.05) is 18.7 Å². The highest BCUT2D eigenvalue weighted by Gasteiger charge is 2.25. The molecule has 0 aliphatic heterocycles. The second-order valence-electron chi connectivity index (χ2n) is 5.94. The number of nitrogens with zero attached hydrogens (tertiary/aromatic N) is 2. The second kappa shape index (κ2) is 9.35. The molecule has 0 aromatic heterocycles. The summed E-state index contributed by atoms with van der Waals surface area (Å²) in [6.07, 6.45) is 6.12. The Kier molecular flexibility index (Phi) is 8.15. The minimum absolute atomic E-state index is 0.267. The van der Waals surface area contributed by atoms with Crippen molar-refractivity contribution in [1.29, 1.82) is 0 Å². The average Bonchev–Trinajstić information content (AvgIpc) is 2.46. The van der Waals surface area contributed by atoms with Gasteiger partial charge in [0.2, 0.25) is 5.91 Å². The Morgan fingerprint density at radius 1 is 1.10 bits per heavy atom. The molecule has 0 saturated heterocycles. The van der Waals surface area contributed by atoms with Gasteiger partial charge in [-0.15, -0.1) is 0 Å². The van der Waals surface area contributed by atoms with Crippen LogP contribution in [0.4, 0.5) is 0 Å². The molecule has 1 saturated carbocycles. The molecule has 118 valence electrons. The van der Waals surface area contributed by atoms with E-state index in [-0.39, 0.29) is 5.91 Å². The number of amides is 1. The topological polar surface area (TPSA) is 35.6 Å². The maximum absolute atomic E-state index is 12.1. The van der Waals surface area contributed by atoms with Crippen LogP contribution in [-0.4, -0.2) is 61.0 Å². The first-order chi connectivity index (χ1) is 9.62. The molecule has 4 heteroatoms. The van der Waals surface area contributed by atoms with E-state index < -0.39 is 0 Å². The molecule has 0 unspecified atom stereocenters. The van der Waals surface area contributed by atoms with Crippen LogP contribution in [-0.2, 0) is 4.79 Å². The van der Waals surface area contributed by atoms with Gasteiger partial charge in [-0.05, 0) is 59.5 Å². The van der Waals surface area contributed by atoms with Gasteiger partial charge >= 0.3 is 0 Å². The third-order valence-corrected chi connectivity index (χ3v) is 4.50. The van der Waals surface area contributed by atoms with Gasteiger partial charge in [-0.25, -0.2) is 0 Å². The predicted octanol–water partition coefficient (Wildman–Crippen LogP) is 2.10. The molecule has 1 aliphatic carbocycles. The molecular formula is C16H33N3O. The van der Waals surface area contributed by atoms with Gasteiger partial charge in [0.25, 0.3) is 0 Å². The summed E-state index contributed by atoms with van der Waals surface area (Å²) in [5.41, 5.74) is 0. The molecule has 0 aromatic carbocycles. The van der Waals surface area contributed by atoms with Gasteiger partial charge in [0.15, 0.2) is 0 Å². The molecule has 0 bridgehead atoms. The van der Waals surface area contributed by atoms with Crippen LogP contribution < -0.4 is 5.32 Å². The van der Waals surface area contributed by atoms with Gasteiger partial charge in [0.1, 0.15) is 0 Å². The van der Waals surface area contributed by atoms with Crippen LogP contribution >= 0.6 is 0 Å². The number of nitrogens with one attached hydrogen (secondary N) is 1. The van der Waals surface area contributed by atoms with E-state index in [1.54, 1.807) is 0 Å². The van der Waals surface area contributed by atoms with E-state index in [2.05, 4.69) is 24.2 Å². The number of hydrogen-bond acceptors (Lipinski definition) is 3. The van der Waals surface area contributed by atoms with Gasteiger partial charge in [0.05, 0.1) is 6.54 Å². The maximum atomic E-state index is 12.1. The zero-order valence-corrected chi connectivity index (χ0v) is 13.8. The van der Waals surface area contributed by atoms with Crippen molar-refractivity contribution in [3.05, 3.63) is 0 Å². The largest absolute Gasteiger partial charge is 0.342 e. The summed E-state index contributed by atoms with van der Waals surface area (Å²) >= 11 is 0. The minimum Gasteiger partial charge on any atom is -0.342 e. The van der Waals surface area contributed by atoms with Crippen molar-refractivity contribution in [2.75, 3.05) is 33.2 Å². The van der Waals surface area contributed by atoms with Crippen molar-refractivity contribution in [2.45, 2.75) is 65.0 Å². The molecule has 0 heterocycles. The summed E-state index contributed by atoms with van der Waals surface area (Å²) in [5.74, 6) is 0.267. The smallest absolute Gasteiger partial charge is 0.236 e. The van der Waals surface area contributed by atoms with Gasteiger partial charge in [-0.2, -0.15) is 0 Å². The molecule has 0 radical (unpaired) electrons. The number of carbonyl (C=O) groups is 1. The van der Waals surface area contributed by atoms with Crippen molar-refractivity contribution >= 4 is 5.91 Å². The first-order valence-electron chi connectivity index (χ1n) is 8.33. The van der Waals surface area contributed by atoms with Crippen LogP contribution in [0.25, 0.3) is 0 Å². The quantitative estimate of drug-likeness (QED) is 0.741. The van der Waals surface area contributed by atoms with Gasteiger partial charge in [-0.3, -0.25) is 9.69 Å². The highest BCUT2D eigenvalue weighted by atomic mass is 16.2. The van der Waals surface area contributed by atoms with E-state index >= 15 is 0 Å². The fourth-order valence-corrected chi connectivity index (χ4v) is 3.09. The van der Waals surface area contributed by atoms with E-state index in [0.717, 1.165) is 19.6 Å². The lowest BCUT2D eigenvalue weighted by Gasteiger charge is -2.35. The van der Waals surface area contributed by atoms with Crippen molar-refractivity contribution in [3.8, 4) is 0 Å². The minimum atomic E-state index is 0.267. The van der Waals surface area contributed by atoms with Crippen LogP contribution in [0.3, 0.4) is 0 Å². The van der Waals surface area contributed by atoms with Crippen LogP contribution in [0.2, 0.25) is 0 Å². The van der Waals surface area contributed by atoms with Crippen LogP contribution in [0.5, 0.6) is 0 Å². The van der Waals surface area contributed by atoms with Crippen LogP contribution in [0, 0.1) is 0 Å². The zero-order chi connectivity index (χ0) is 15.0. The van der Waals surface area contributed by atoms with Gasteiger partial charge in [-0.1, -0.05) is 6.92 Å². The Hall–Kier alpha value is -0.610. The highest BCUT2D eigenvalue weighted by molar-refractivity contribution is 5.78. The molecule has 1 amide bonds. The number of carbonyl (C=O) groups excluding carboxylic acids is 1. The van der Waals surface area contributed by atoms with Crippen LogP contribution in [0.15, 0.2) is 0 Å². The van der Waals surface area contributed by atoms with E-state index in [1.165, 1.54) is 32.1 Å². The van der Waals surface area contributed by atoms with E-state index in [9.17, 15) is 4.79 Å². The van der Waals surface area contributed by atoms with Crippen molar-refractivity contribution in [1.82, 2.24) is 15.1 Å². The molecule has 1 aliphatic rings. The zero-order valence-electron chi connectivity index (χ0n) is 13.8. The number of likely N-dealkylation sites (N-methyl/N-ethyl adjacent to an activating group) is 2. The van der Waals surface area contributed by atoms with Crippen LogP contribution in [0.1, 0.15) is 52.9 Å². The Morgan fingerprint density at radius 3 is 2.20 bits per heavy atom. The standard InChI is InChI=1S/C16H33N3O/c1-5-12-17-14-8-10-15(11-9-14)18(4)13-16(20)19(6-2)7-3/h14-15,17H,5-13H2,1-4H3. The molecule has 0 atom stereocenters. The van der Waals surface area contributed by atoms with Crippen molar-refractivity contribution < 1.29 is 4.79 Å². The predicted molar refractivity (Wildman–Crippen MR) is 84.9 cm³/mol. The third-order valence-electron chi connectivity index (χ3n) is 4.50. The fraction of sp³-hybridized carbons (Fsp3) is 0.938. The van der Waals surface area contributed by atoms with Gasteiger partial charge in [0, 0.05) is 25.2 Å². The third kappa shape index (κ3) is 5.41. The molecule has 4 nitrogen and oxygen atoms in total. The van der Waals surface area contributed by atoms with E-state index in [4.69, 9.17) is 0 Å². The molecule has 0 spiro atoms.